The number of benzene rings is 4. The molecule has 0 amide bonds. The summed E-state index contributed by atoms with van der Waals surface area (Å²) in [6.07, 6.45) is 1.36. The summed E-state index contributed by atoms with van der Waals surface area (Å²) in [5.41, 5.74) is 0.363. The fourth-order valence-electron chi connectivity index (χ4n) is 3.67. The Morgan fingerprint density at radius 3 is 1.67 bits per heavy atom. The monoisotopic (exact) mass is 675 g/mol. The second-order valence-corrected chi connectivity index (χ2v) is 11.2. The average Bonchev–Trinajstić information content (AvgIpc) is 3.30. The number of aromatic nitrogens is 1. The van der Waals surface area contributed by atoms with Crippen LogP contribution in [0.3, 0.4) is 0 Å². The van der Waals surface area contributed by atoms with Gasteiger partial charge in [0.2, 0.25) is 0 Å². The molecule has 0 radical (unpaired) electrons. The van der Waals surface area contributed by atoms with E-state index in [0.717, 1.165) is 10.9 Å². The first kappa shape index (κ1) is 27.6. The Morgan fingerprint density at radius 1 is 0.750 bits per heavy atom. The van der Waals surface area contributed by atoms with Crippen molar-refractivity contribution in [3.8, 4) is 0 Å². The Hall–Kier alpha value is -2.94. The van der Waals surface area contributed by atoms with E-state index in [4.69, 9.17) is 4.74 Å². The van der Waals surface area contributed by atoms with E-state index in [2.05, 4.69) is 97.1 Å². The van der Waals surface area contributed by atoms with Crippen LogP contribution in [0, 0.1) is 6.07 Å². The quantitative estimate of drug-likeness (QED) is 0.122. The molecule has 0 saturated heterocycles. The van der Waals surface area contributed by atoms with Crippen molar-refractivity contribution < 1.29 is 31.9 Å². The van der Waals surface area contributed by atoms with Gasteiger partial charge in [0, 0.05) is 6.20 Å². The maximum absolute atomic E-state index is 11.9. The molecule has 0 fully saturated rings. The number of hydrogen-bond acceptors (Lipinski definition) is 2. The molecular weight excluding hydrogens is 646 g/mol. The molecular formula is C31H29AuNO2P. The van der Waals surface area contributed by atoms with Crippen LogP contribution >= 0.6 is 7.92 Å². The Labute approximate surface area is 230 Å². The first-order valence-corrected chi connectivity index (χ1v) is 12.9. The molecule has 1 heterocycles. The summed E-state index contributed by atoms with van der Waals surface area (Å²) in [6.45, 7) is 5.55. The molecule has 4 aromatic carbocycles. The van der Waals surface area contributed by atoms with E-state index in [0.29, 0.717) is 0 Å². The Bertz CT molecular complexity index is 1270. The molecule has 0 aliphatic carbocycles. The summed E-state index contributed by atoms with van der Waals surface area (Å²) in [7, 11) is -0.446. The van der Waals surface area contributed by atoms with Gasteiger partial charge >= 0.3 is 28.5 Å². The smallest absolute Gasteiger partial charge is 0.443 e. The number of fused-ring (bicyclic) bond motifs is 1. The second-order valence-electron chi connectivity index (χ2n) is 8.99. The zero-order valence-electron chi connectivity index (χ0n) is 20.6. The van der Waals surface area contributed by atoms with E-state index >= 15 is 0 Å². The molecule has 0 spiro atoms. The van der Waals surface area contributed by atoms with Gasteiger partial charge in [-0.05, 0) is 50.1 Å². The van der Waals surface area contributed by atoms with E-state index in [-0.39, 0.29) is 28.5 Å². The minimum Gasteiger partial charge on any atom is -0.443 e. The molecule has 5 heteroatoms. The van der Waals surface area contributed by atoms with Crippen LogP contribution in [-0.2, 0) is 27.1 Å². The zero-order chi connectivity index (χ0) is 24.7. The molecule has 0 aliphatic heterocycles. The summed E-state index contributed by atoms with van der Waals surface area (Å²) in [5.74, 6) is 0. The van der Waals surface area contributed by atoms with Crippen LogP contribution < -0.4 is 15.9 Å². The van der Waals surface area contributed by atoms with Gasteiger partial charge in [-0.25, -0.2) is 4.79 Å². The zero-order valence-corrected chi connectivity index (χ0v) is 23.6. The largest absolute Gasteiger partial charge is 1.00 e. The van der Waals surface area contributed by atoms with Crippen LogP contribution in [0.5, 0.6) is 0 Å². The maximum Gasteiger partial charge on any atom is 1.00 e. The standard InChI is InChI=1S/C18H15P.C13H14NO2.Au/c1-4-10-16(11-5-1)19(17-12-6-2-7-13-17)18-14-8-3-9-15-18;1-13(2,3)16-12(15)14-9-8-10-6-4-5-7-11(10)14;/h1-15H;5-9H,1-3H3;/q;-1;+1. The molecule has 0 saturated carbocycles. The summed E-state index contributed by atoms with van der Waals surface area (Å²) in [6, 6.07) is 42.6. The predicted octanol–water partition coefficient (Wildman–Crippen LogP) is 6.67. The van der Waals surface area contributed by atoms with E-state index in [1.165, 1.54) is 20.5 Å². The van der Waals surface area contributed by atoms with Crippen LogP contribution in [0.2, 0.25) is 0 Å². The molecule has 186 valence electrons. The first-order chi connectivity index (χ1) is 16.9. The molecule has 5 rings (SSSR count). The molecule has 0 aliphatic rings. The van der Waals surface area contributed by atoms with Gasteiger partial charge in [-0.3, -0.25) is 4.57 Å². The van der Waals surface area contributed by atoms with Crippen LogP contribution in [0.25, 0.3) is 10.9 Å². The van der Waals surface area contributed by atoms with Crippen molar-refractivity contribution >= 4 is 40.8 Å². The van der Waals surface area contributed by atoms with Gasteiger partial charge in [0.15, 0.2) is 0 Å². The number of ether oxygens (including phenoxy) is 1. The number of carbonyl (C=O) groups is 1. The van der Waals surface area contributed by atoms with Gasteiger partial charge in [-0.15, -0.1) is 11.5 Å². The SMILES string of the molecule is CC(C)(C)OC(=O)n1ccc2c[c-]ccc21.[Au+].c1ccc(P(c2ccccc2)c2ccccc2)cc1. The van der Waals surface area contributed by atoms with Crippen molar-refractivity contribution in [1.82, 2.24) is 4.57 Å². The maximum atomic E-state index is 11.9. The van der Waals surface area contributed by atoms with Gasteiger partial charge < -0.3 is 4.74 Å². The normalized spacial score (nSPS) is 10.8. The molecule has 0 atom stereocenters. The minimum absolute atomic E-state index is 0. The Morgan fingerprint density at radius 2 is 1.22 bits per heavy atom. The summed E-state index contributed by atoms with van der Waals surface area (Å²) >= 11 is 0. The van der Waals surface area contributed by atoms with Gasteiger partial charge in [0.1, 0.15) is 5.60 Å². The summed E-state index contributed by atoms with van der Waals surface area (Å²) < 4.78 is 6.81. The van der Waals surface area contributed by atoms with Crippen LogP contribution in [0.1, 0.15) is 20.8 Å². The van der Waals surface area contributed by atoms with Crippen molar-refractivity contribution in [3.63, 3.8) is 0 Å². The molecule has 1 aromatic heterocycles. The van der Waals surface area contributed by atoms with Crippen LogP contribution in [0.4, 0.5) is 4.79 Å². The first-order valence-electron chi connectivity index (χ1n) is 11.6. The third-order valence-electron chi connectivity index (χ3n) is 5.17. The summed E-state index contributed by atoms with van der Waals surface area (Å²) in [4.78, 5) is 11.9. The average molecular weight is 676 g/mol. The third-order valence-corrected chi connectivity index (χ3v) is 7.61. The second kappa shape index (κ2) is 12.9. The molecule has 3 nitrogen and oxygen atoms in total. The van der Waals surface area contributed by atoms with Crippen molar-refractivity contribution in [2.24, 2.45) is 0 Å². The van der Waals surface area contributed by atoms with Crippen molar-refractivity contribution in [2.75, 3.05) is 0 Å². The third kappa shape index (κ3) is 7.29. The van der Waals surface area contributed by atoms with Crippen LogP contribution in [-0.4, -0.2) is 16.3 Å². The van der Waals surface area contributed by atoms with Gasteiger partial charge in [0.05, 0.1) is 0 Å². The predicted molar refractivity (Wildman–Crippen MR) is 148 cm³/mol. The Balaban J connectivity index is 0.000000198. The fourth-order valence-corrected chi connectivity index (χ4v) is 5.98. The van der Waals surface area contributed by atoms with E-state index in [1.54, 1.807) is 12.3 Å². The fraction of sp³-hybridized carbons (Fsp3) is 0.129. The van der Waals surface area contributed by atoms with Gasteiger partial charge in [-0.2, -0.15) is 18.2 Å². The number of rotatable bonds is 3. The van der Waals surface area contributed by atoms with Crippen molar-refractivity contribution in [3.05, 3.63) is 128 Å². The van der Waals surface area contributed by atoms with Gasteiger partial charge in [-0.1, -0.05) is 97.1 Å². The minimum atomic E-state index is -0.478. The van der Waals surface area contributed by atoms with Gasteiger partial charge in [0.25, 0.3) is 0 Å². The molecule has 0 N–H and O–H groups in total. The number of nitrogens with zero attached hydrogens (tertiary/aromatic N) is 1. The van der Waals surface area contributed by atoms with Crippen molar-refractivity contribution in [2.45, 2.75) is 26.4 Å². The molecule has 5 aromatic rings. The Kier molecular flexibility index (Phi) is 9.87. The number of hydrogen-bond donors (Lipinski definition) is 0. The van der Waals surface area contributed by atoms with E-state index in [1.807, 2.05) is 39.0 Å². The van der Waals surface area contributed by atoms with Crippen LogP contribution in [0.15, 0.2) is 121 Å². The molecule has 0 bridgehead atoms. The number of carbonyl (C=O) groups excluding carboxylic acids is 1. The summed E-state index contributed by atoms with van der Waals surface area (Å²) in [5, 5.41) is 5.17. The van der Waals surface area contributed by atoms with Crippen molar-refractivity contribution in [1.29, 1.82) is 0 Å². The molecule has 36 heavy (non-hydrogen) atoms. The molecule has 0 unspecified atom stereocenters. The topological polar surface area (TPSA) is 31.2 Å². The van der Waals surface area contributed by atoms with E-state index < -0.39 is 13.5 Å². The van der Waals surface area contributed by atoms with E-state index in [9.17, 15) is 4.79 Å².